The summed E-state index contributed by atoms with van der Waals surface area (Å²) in [6.45, 7) is 4.17. The lowest BCUT2D eigenvalue weighted by molar-refractivity contribution is -0.135. The number of carbonyl (C=O) groups excluding carboxylic acids is 2. The first-order valence-corrected chi connectivity index (χ1v) is 8.88. The minimum Gasteiger partial charge on any atom is -0.364 e. The van der Waals surface area contributed by atoms with Crippen LogP contribution in [0.25, 0.3) is 0 Å². The Morgan fingerprint density at radius 1 is 1.19 bits per heavy atom. The third kappa shape index (κ3) is 3.10. The molecule has 1 atom stereocenters. The van der Waals surface area contributed by atoms with Crippen LogP contribution >= 0.6 is 0 Å². The van der Waals surface area contributed by atoms with E-state index in [4.69, 9.17) is 4.52 Å². The molecular weight excluding hydrogens is 332 g/mol. The molecule has 0 saturated carbocycles. The fourth-order valence-corrected chi connectivity index (χ4v) is 3.76. The first-order chi connectivity index (χ1) is 12.6. The number of likely N-dealkylation sites (N-methyl/N-ethyl adjacent to an activating group) is 1. The molecule has 1 fully saturated rings. The van der Waals surface area contributed by atoms with Gasteiger partial charge >= 0.3 is 0 Å². The Bertz CT molecular complexity index is 797. The number of amides is 2. The highest BCUT2D eigenvalue weighted by molar-refractivity contribution is 6.00. The Morgan fingerprint density at radius 2 is 1.96 bits per heavy atom. The van der Waals surface area contributed by atoms with Crippen molar-refractivity contribution in [3.05, 3.63) is 53.4 Å². The molecular formula is C19H22N4O3. The van der Waals surface area contributed by atoms with Crippen molar-refractivity contribution >= 4 is 11.8 Å². The van der Waals surface area contributed by atoms with E-state index in [0.29, 0.717) is 25.2 Å². The molecule has 136 valence electrons. The first-order valence-electron chi connectivity index (χ1n) is 8.88. The Kier molecular flexibility index (Phi) is 4.46. The highest BCUT2D eigenvalue weighted by Gasteiger charge is 2.36. The third-order valence-corrected chi connectivity index (χ3v) is 5.23. The zero-order chi connectivity index (χ0) is 18.1. The SMILES string of the molecule is CN1CC(C(=O)N2CCN(Cc3ccon3)CC2)c2ccccc2C1=O. The van der Waals surface area contributed by atoms with Crippen molar-refractivity contribution in [1.82, 2.24) is 19.9 Å². The van der Waals surface area contributed by atoms with Crippen LogP contribution in [0, 0.1) is 0 Å². The number of benzene rings is 1. The van der Waals surface area contributed by atoms with Gasteiger partial charge in [-0.15, -0.1) is 0 Å². The average molecular weight is 354 g/mol. The second kappa shape index (κ2) is 6.92. The molecule has 1 saturated heterocycles. The summed E-state index contributed by atoms with van der Waals surface area (Å²) in [5.41, 5.74) is 2.40. The standard InChI is InChI=1S/C19H22N4O3/c1-21-13-17(15-4-2-3-5-16(15)18(21)24)19(25)23-9-7-22(8-10-23)12-14-6-11-26-20-14/h2-6,11,17H,7-10,12-13H2,1H3. The maximum Gasteiger partial charge on any atom is 0.253 e. The number of aromatic nitrogens is 1. The summed E-state index contributed by atoms with van der Waals surface area (Å²) in [7, 11) is 1.76. The number of carbonyl (C=O) groups is 2. The number of piperazine rings is 1. The van der Waals surface area contributed by atoms with Gasteiger partial charge < -0.3 is 14.3 Å². The Morgan fingerprint density at radius 3 is 2.69 bits per heavy atom. The second-order valence-corrected chi connectivity index (χ2v) is 6.92. The largest absolute Gasteiger partial charge is 0.364 e. The molecule has 0 N–H and O–H groups in total. The molecule has 4 rings (SSSR count). The molecule has 2 aromatic rings. The van der Waals surface area contributed by atoms with Crippen molar-refractivity contribution in [3.8, 4) is 0 Å². The smallest absolute Gasteiger partial charge is 0.253 e. The Hall–Kier alpha value is -2.67. The van der Waals surface area contributed by atoms with Gasteiger partial charge in [-0.3, -0.25) is 14.5 Å². The molecule has 1 unspecified atom stereocenters. The van der Waals surface area contributed by atoms with Crippen molar-refractivity contribution < 1.29 is 14.1 Å². The van der Waals surface area contributed by atoms with Crippen LogP contribution in [0.3, 0.4) is 0 Å². The molecule has 26 heavy (non-hydrogen) atoms. The van der Waals surface area contributed by atoms with Crippen LogP contribution in [0.5, 0.6) is 0 Å². The molecule has 1 aromatic heterocycles. The zero-order valence-corrected chi connectivity index (χ0v) is 14.8. The fraction of sp³-hybridized carbons (Fsp3) is 0.421. The van der Waals surface area contributed by atoms with Crippen LogP contribution in [0.4, 0.5) is 0 Å². The Balaban J connectivity index is 1.44. The maximum atomic E-state index is 13.1. The second-order valence-electron chi connectivity index (χ2n) is 6.92. The molecule has 7 nitrogen and oxygen atoms in total. The van der Waals surface area contributed by atoms with E-state index in [2.05, 4.69) is 10.1 Å². The van der Waals surface area contributed by atoms with E-state index in [0.717, 1.165) is 30.9 Å². The van der Waals surface area contributed by atoms with E-state index < -0.39 is 0 Å². The molecule has 2 aliphatic heterocycles. The average Bonchev–Trinajstić information content (AvgIpc) is 3.18. The van der Waals surface area contributed by atoms with Gasteiger partial charge in [-0.1, -0.05) is 23.4 Å². The quantitative estimate of drug-likeness (QED) is 0.828. The molecule has 0 radical (unpaired) electrons. The van der Waals surface area contributed by atoms with Gasteiger partial charge in [0.15, 0.2) is 0 Å². The van der Waals surface area contributed by atoms with Crippen LogP contribution in [-0.4, -0.2) is 71.4 Å². The lowest BCUT2D eigenvalue weighted by Crippen LogP contribution is -2.52. The minimum absolute atomic E-state index is 0.0120. The van der Waals surface area contributed by atoms with E-state index in [1.54, 1.807) is 18.2 Å². The van der Waals surface area contributed by atoms with Gasteiger partial charge in [0.05, 0.1) is 11.6 Å². The van der Waals surface area contributed by atoms with Gasteiger partial charge in [-0.25, -0.2) is 0 Å². The summed E-state index contributed by atoms with van der Waals surface area (Å²) in [5.74, 6) is -0.184. The van der Waals surface area contributed by atoms with Crippen LogP contribution in [0.1, 0.15) is 27.5 Å². The van der Waals surface area contributed by atoms with Gasteiger partial charge in [0.1, 0.15) is 6.26 Å². The molecule has 0 spiro atoms. The molecule has 0 bridgehead atoms. The molecule has 2 aliphatic rings. The van der Waals surface area contributed by atoms with Gasteiger partial charge in [-0.2, -0.15) is 0 Å². The number of hydrogen-bond acceptors (Lipinski definition) is 5. The van der Waals surface area contributed by atoms with Crippen molar-refractivity contribution in [3.63, 3.8) is 0 Å². The summed E-state index contributed by atoms with van der Waals surface area (Å²) in [4.78, 5) is 31.3. The number of nitrogens with zero attached hydrogens (tertiary/aromatic N) is 4. The van der Waals surface area contributed by atoms with Gasteiger partial charge in [0.25, 0.3) is 5.91 Å². The molecule has 3 heterocycles. The van der Waals surface area contributed by atoms with E-state index >= 15 is 0 Å². The number of rotatable bonds is 3. The molecule has 1 aromatic carbocycles. The van der Waals surface area contributed by atoms with Gasteiger partial charge in [0, 0.05) is 57.9 Å². The van der Waals surface area contributed by atoms with Gasteiger partial charge in [-0.05, 0) is 11.6 Å². The molecule has 7 heteroatoms. The fourth-order valence-electron chi connectivity index (χ4n) is 3.76. The normalized spacial score (nSPS) is 21.0. The van der Waals surface area contributed by atoms with Crippen LogP contribution in [-0.2, 0) is 11.3 Å². The highest BCUT2D eigenvalue weighted by Crippen LogP contribution is 2.29. The van der Waals surface area contributed by atoms with E-state index in [-0.39, 0.29) is 17.7 Å². The molecule has 0 aliphatic carbocycles. The van der Waals surface area contributed by atoms with E-state index in [1.807, 2.05) is 35.2 Å². The van der Waals surface area contributed by atoms with E-state index in [1.165, 1.54) is 0 Å². The summed E-state index contributed by atoms with van der Waals surface area (Å²) >= 11 is 0. The third-order valence-electron chi connectivity index (χ3n) is 5.23. The van der Waals surface area contributed by atoms with E-state index in [9.17, 15) is 9.59 Å². The topological polar surface area (TPSA) is 69.9 Å². The predicted octanol–water partition coefficient (Wildman–Crippen LogP) is 1.19. The number of fused-ring (bicyclic) bond motifs is 1. The first kappa shape index (κ1) is 16.8. The van der Waals surface area contributed by atoms with Crippen molar-refractivity contribution in [2.24, 2.45) is 0 Å². The van der Waals surface area contributed by atoms with Crippen LogP contribution in [0.2, 0.25) is 0 Å². The van der Waals surface area contributed by atoms with Crippen molar-refractivity contribution in [2.75, 3.05) is 39.8 Å². The zero-order valence-electron chi connectivity index (χ0n) is 14.8. The highest BCUT2D eigenvalue weighted by atomic mass is 16.5. The van der Waals surface area contributed by atoms with Crippen molar-refractivity contribution in [1.29, 1.82) is 0 Å². The summed E-state index contributed by atoms with van der Waals surface area (Å²) in [5, 5.41) is 3.94. The summed E-state index contributed by atoms with van der Waals surface area (Å²) in [6, 6.07) is 9.32. The maximum absolute atomic E-state index is 13.1. The Labute approximate surface area is 152 Å². The summed E-state index contributed by atoms with van der Waals surface area (Å²) < 4.78 is 4.87. The molecule has 2 amide bonds. The van der Waals surface area contributed by atoms with Gasteiger partial charge in [0.2, 0.25) is 5.91 Å². The predicted molar refractivity (Wildman–Crippen MR) is 94.5 cm³/mol. The number of hydrogen-bond donors (Lipinski definition) is 0. The van der Waals surface area contributed by atoms with Crippen molar-refractivity contribution in [2.45, 2.75) is 12.5 Å². The lowest BCUT2D eigenvalue weighted by atomic mass is 9.88. The minimum atomic E-state index is -0.281. The van der Waals surface area contributed by atoms with Crippen LogP contribution in [0.15, 0.2) is 41.1 Å². The lowest BCUT2D eigenvalue weighted by Gasteiger charge is -2.38. The van der Waals surface area contributed by atoms with Crippen LogP contribution < -0.4 is 0 Å². The monoisotopic (exact) mass is 354 g/mol. The summed E-state index contributed by atoms with van der Waals surface area (Å²) in [6.07, 6.45) is 1.58.